The van der Waals surface area contributed by atoms with Crippen molar-refractivity contribution in [3.8, 4) is 0 Å². The van der Waals surface area contributed by atoms with Crippen molar-refractivity contribution in [2.24, 2.45) is 4.40 Å². The summed E-state index contributed by atoms with van der Waals surface area (Å²) in [6, 6.07) is 9.34. The Morgan fingerprint density at radius 2 is 2.06 bits per heavy atom. The van der Waals surface area contributed by atoms with Crippen LogP contribution in [0.15, 0.2) is 46.2 Å². The van der Waals surface area contributed by atoms with E-state index in [0.29, 0.717) is 0 Å². The minimum atomic E-state index is -1.41. The van der Waals surface area contributed by atoms with Crippen molar-refractivity contribution in [1.82, 2.24) is 0 Å². The van der Waals surface area contributed by atoms with E-state index in [1.54, 1.807) is 0 Å². The first-order chi connectivity index (χ1) is 7.75. The van der Waals surface area contributed by atoms with Gasteiger partial charge in [0.15, 0.2) is 16.7 Å². The van der Waals surface area contributed by atoms with Gasteiger partial charge in [-0.3, -0.25) is 0 Å². The Morgan fingerprint density at radius 3 is 2.69 bits per heavy atom. The fourth-order valence-electron chi connectivity index (χ4n) is 1.18. The Hall–Kier alpha value is -1.75. The van der Waals surface area contributed by atoms with Crippen LogP contribution in [0.5, 0.6) is 0 Å². The van der Waals surface area contributed by atoms with Gasteiger partial charge in [0.25, 0.3) is 0 Å². The van der Waals surface area contributed by atoms with Crippen molar-refractivity contribution in [3.63, 3.8) is 0 Å². The zero-order valence-corrected chi connectivity index (χ0v) is 9.15. The van der Waals surface area contributed by atoms with E-state index in [0.717, 1.165) is 5.56 Å². The molecule has 0 N–H and O–H groups in total. The number of carbonyl (C=O) groups is 1. The Bertz CT molecular complexity index is 479. The average Bonchev–Trinajstić information content (AvgIpc) is 2.74. The number of nitrogens with zero attached hydrogens (tertiary/aromatic N) is 1. The summed E-state index contributed by atoms with van der Waals surface area (Å²) in [5.74, 6) is -0.550. The molecule has 5 heteroatoms. The van der Waals surface area contributed by atoms with Crippen LogP contribution in [-0.4, -0.2) is 15.9 Å². The van der Waals surface area contributed by atoms with Gasteiger partial charge in [-0.15, -0.1) is 0 Å². The SMILES string of the molecule is O=C(OCc1ccccc1)C1=NS(=O)C=C1. The second kappa shape index (κ2) is 4.85. The Kier molecular flexibility index (Phi) is 3.26. The summed E-state index contributed by atoms with van der Waals surface area (Å²) in [6.45, 7) is 0.194. The van der Waals surface area contributed by atoms with E-state index < -0.39 is 17.0 Å². The first-order valence-electron chi connectivity index (χ1n) is 4.64. The maximum absolute atomic E-state index is 11.4. The maximum atomic E-state index is 11.4. The number of ether oxygens (including phenoxy) is 1. The molecule has 16 heavy (non-hydrogen) atoms. The van der Waals surface area contributed by atoms with Crippen LogP contribution >= 0.6 is 0 Å². The van der Waals surface area contributed by atoms with Crippen LogP contribution in [0.4, 0.5) is 0 Å². The Labute approximate surface area is 95.2 Å². The molecular weight excluding hydrogens is 226 g/mol. The zero-order valence-electron chi connectivity index (χ0n) is 8.33. The van der Waals surface area contributed by atoms with Crippen LogP contribution in [0.1, 0.15) is 5.56 Å². The first-order valence-corrected chi connectivity index (χ1v) is 5.81. The molecule has 0 aromatic heterocycles. The molecule has 1 heterocycles. The van der Waals surface area contributed by atoms with E-state index in [2.05, 4.69) is 4.40 Å². The molecule has 1 unspecified atom stereocenters. The van der Waals surface area contributed by atoms with Gasteiger partial charge in [-0.1, -0.05) is 30.3 Å². The summed E-state index contributed by atoms with van der Waals surface area (Å²) >= 11 is 0. The minimum Gasteiger partial charge on any atom is -0.456 e. The van der Waals surface area contributed by atoms with E-state index in [1.165, 1.54) is 11.5 Å². The lowest BCUT2D eigenvalue weighted by Crippen LogP contribution is -2.14. The maximum Gasteiger partial charge on any atom is 0.358 e. The van der Waals surface area contributed by atoms with Gasteiger partial charge in [-0.2, -0.15) is 4.40 Å². The standard InChI is InChI=1S/C11H9NO3S/c13-11(10-6-7-16(14)12-10)15-8-9-4-2-1-3-5-9/h1-7H,8H2. The predicted octanol–water partition coefficient (Wildman–Crippen LogP) is 1.36. The number of hydrogen-bond acceptors (Lipinski definition) is 3. The molecular formula is C11H9NO3S. The number of carbonyl (C=O) groups excluding carboxylic acids is 1. The van der Waals surface area contributed by atoms with Crippen molar-refractivity contribution in [1.29, 1.82) is 0 Å². The van der Waals surface area contributed by atoms with Crippen LogP contribution in [0.3, 0.4) is 0 Å². The Morgan fingerprint density at radius 1 is 1.31 bits per heavy atom. The molecule has 0 aliphatic carbocycles. The molecule has 4 nitrogen and oxygen atoms in total. The summed E-state index contributed by atoms with van der Waals surface area (Å²) < 4.78 is 19.5. The van der Waals surface area contributed by atoms with Gasteiger partial charge in [-0.25, -0.2) is 9.00 Å². The first kappa shape index (κ1) is 10.8. The molecule has 0 saturated carbocycles. The van der Waals surface area contributed by atoms with E-state index in [4.69, 9.17) is 4.74 Å². The largest absolute Gasteiger partial charge is 0.456 e. The quantitative estimate of drug-likeness (QED) is 0.743. The van der Waals surface area contributed by atoms with Gasteiger partial charge in [0.1, 0.15) is 6.61 Å². The lowest BCUT2D eigenvalue weighted by atomic mass is 10.2. The number of benzene rings is 1. The van der Waals surface area contributed by atoms with Crippen LogP contribution in [0.25, 0.3) is 0 Å². The second-order valence-electron chi connectivity index (χ2n) is 3.12. The van der Waals surface area contributed by atoms with Gasteiger partial charge in [0.05, 0.1) is 0 Å². The number of esters is 1. The normalized spacial score (nSPS) is 18.2. The smallest absolute Gasteiger partial charge is 0.358 e. The van der Waals surface area contributed by atoms with E-state index >= 15 is 0 Å². The highest BCUT2D eigenvalue weighted by Crippen LogP contribution is 2.05. The number of hydrogen-bond donors (Lipinski definition) is 0. The summed E-state index contributed by atoms with van der Waals surface area (Å²) in [7, 11) is -1.41. The highest BCUT2D eigenvalue weighted by molar-refractivity contribution is 7.87. The lowest BCUT2D eigenvalue weighted by Gasteiger charge is -2.02. The van der Waals surface area contributed by atoms with E-state index in [9.17, 15) is 9.00 Å². The fraction of sp³-hybridized carbons (Fsp3) is 0.0909. The molecule has 0 radical (unpaired) electrons. The van der Waals surface area contributed by atoms with Gasteiger partial charge in [0, 0.05) is 5.41 Å². The Balaban J connectivity index is 1.92. The molecule has 0 amide bonds. The van der Waals surface area contributed by atoms with Crippen LogP contribution in [0, 0.1) is 0 Å². The zero-order chi connectivity index (χ0) is 11.4. The molecule has 1 aliphatic rings. The third-order valence-electron chi connectivity index (χ3n) is 1.95. The summed E-state index contributed by atoms with van der Waals surface area (Å²) in [5.41, 5.74) is 1.01. The topological polar surface area (TPSA) is 55.7 Å². The molecule has 1 aromatic rings. The predicted molar refractivity (Wildman–Crippen MR) is 61.0 cm³/mol. The molecule has 0 spiro atoms. The molecule has 0 fully saturated rings. The molecule has 1 aliphatic heterocycles. The monoisotopic (exact) mass is 235 g/mol. The number of rotatable bonds is 3. The molecule has 0 bridgehead atoms. The molecule has 2 rings (SSSR count). The van der Waals surface area contributed by atoms with Crippen molar-refractivity contribution < 1.29 is 13.7 Å². The van der Waals surface area contributed by atoms with Crippen molar-refractivity contribution >= 4 is 22.7 Å². The minimum absolute atomic E-state index is 0.106. The molecule has 0 saturated heterocycles. The molecule has 1 aromatic carbocycles. The fourth-order valence-corrected chi connectivity index (χ4v) is 1.82. The van der Waals surface area contributed by atoms with Crippen LogP contribution in [-0.2, 0) is 27.1 Å². The molecule has 1 atom stereocenters. The van der Waals surface area contributed by atoms with Gasteiger partial charge in [-0.05, 0) is 11.6 Å². The van der Waals surface area contributed by atoms with Crippen molar-refractivity contribution in [2.45, 2.75) is 6.61 Å². The van der Waals surface area contributed by atoms with E-state index in [-0.39, 0.29) is 12.3 Å². The highest BCUT2D eigenvalue weighted by atomic mass is 32.2. The van der Waals surface area contributed by atoms with Gasteiger partial charge in [0.2, 0.25) is 0 Å². The van der Waals surface area contributed by atoms with Crippen molar-refractivity contribution in [3.05, 3.63) is 47.4 Å². The summed E-state index contributed by atoms with van der Waals surface area (Å²) in [4.78, 5) is 11.4. The lowest BCUT2D eigenvalue weighted by molar-refractivity contribution is -0.136. The third kappa shape index (κ3) is 2.64. The molecule has 82 valence electrons. The summed E-state index contributed by atoms with van der Waals surface area (Å²) in [5, 5.41) is 1.35. The van der Waals surface area contributed by atoms with E-state index in [1.807, 2.05) is 30.3 Å². The average molecular weight is 235 g/mol. The third-order valence-corrected chi connectivity index (χ3v) is 2.70. The van der Waals surface area contributed by atoms with Crippen LogP contribution in [0.2, 0.25) is 0 Å². The van der Waals surface area contributed by atoms with Gasteiger partial charge >= 0.3 is 5.97 Å². The van der Waals surface area contributed by atoms with Crippen molar-refractivity contribution in [2.75, 3.05) is 0 Å². The second-order valence-corrected chi connectivity index (χ2v) is 4.12. The van der Waals surface area contributed by atoms with Gasteiger partial charge < -0.3 is 4.74 Å². The highest BCUT2D eigenvalue weighted by Gasteiger charge is 2.15. The van der Waals surface area contributed by atoms with Crippen LogP contribution < -0.4 is 0 Å². The summed E-state index contributed by atoms with van der Waals surface area (Å²) in [6.07, 6.45) is 1.41.